The van der Waals surface area contributed by atoms with Gasteiger partial charge < -0.3 is 20.9 Å². The Bertz CT molecular complexity index is 459. The van der Waals surface area contributed by atoms with Gasteiger partial charge in [0.05, 0.1) is 30.9 Å². The molecule has 6 heteroatoms. The Hall–Kier alpha value is -2.24. The van der Waals surface area contributed by atoms with Gasteiger partial charge in [0.2, 0.25) is 5.91 Å². The van der Waals surface area contributed by atoms with E-state index in [2.05, 4.69) is 4.74 Å². The van der Waals surface area contributed by atoms with Gasteiger partial charge in [0.15, 0.2) is 0 Å². The minimum absolute atomic E-state index is 0.101. The van der Waals surface area contributed by atoms with E-state index in [1.807, 2.05) is 0 Å². The van der Waals surface area contributed by atoms with E-state index in [-0.39, 0.29) is 6.61 Å². The molecule has 0 spiro atoms. The van der Waals surface area contributed by atoms with E-state index in [1.165, 1.54) is 25.3 Å². The van der Waals surface area contributed by atoms with Crippen LogP contribution >= 0.6 is 0 Å². The zero-order chi connectivity index (χ0) is 13.7. The summed E-state index contributed by atoms with van der Waals surface area (Å²) in [4.78, 5) is 22.2. The van der Waals surface area contributed by atoms with Crippen molar-refractivity contribution in [1.29, 1.82) is 0 Å². The molecule has 0 heterocycles. The summed E-state index contributed by atoms with van der Waals surface area (Å²) in [6, 6.07) is 4.54. The number of ether oxygens (including phenoxy) is 2. The van der Waals surface area contributed by atoms with Crippen LogP contribution in [0.1, 0.15) is 17.3 Å². The predicted octanol–water partition coefficient (Wildman–Crippen LogP) is 0.556. The lowest BCUT2D eigenvalue weighted by Crippen LogP contribution is -2.26. The number of hydrogen-bond donors (Lipinski definition) is 2. The van der Waals surface area contributed by atoms with Crippen LogP contribution in [0.5, 0.6) is 5.75 Å². The molecule has 1 rings (SSSR count). The molecule has 6 nitrogen and oxygen atoms in total. The second-order valence-electron chi connectivity index (χ2n) is 3.86. The Balaban J connectivity index is 2.81. The van der Waals surface area contributed by atoms with E-state index < -0.39 is 17.8 Å². The third kappa shape index (κ3) is 3.38. The van der Waals surface area contributed by atoms with Gasteiger partial charge in [0, 0.05) is 0 Å². The molecule has 4 N–H and O–H groups in total. The van der Waals surface area contributed by atoms with Gasteiger partial charge >= 0.3 is 5.97 Å². The number of carbonyl (C=O) groups excluding carboxylic acids is 2. The van der Waals surface area contributed by atoms with Crippen LogP contribution in [-0.4, -0.2) is 25.6 Å². The number of nitrogens with two attached hydrogens (primary N) is 2. The van der Waals surface area contributed by atoms with Gasteiger partial charge in [0.25, 0.3) is 0 Å². The van der Waals surface area contributed by atoms with Crippen LogP contribution in [0.4, 0.5) is 5.69 Å². The van der Waals surface area contributed by atoms with Gasteiger partial charge in [-0.15, -0.1) is 0 Å². The topological polar surface area (TPSA) is 105 Å². The molecular weight excluding hydrogens is 236 g/mol. The molecule has 0 aromatic heterocycles. The van der Waals surface area contributed by atoms with Crippen molar-refractivity contribution in [2.45, 2.75) is 6.92 Å². The summed E-state index contributed by atoms with van der Waals surface area (Å²) in [6.07, 6.45) is 0. The normalized spacial score (nSPS) is 11.7. The maximum absolute atomic E-state index is 11.3. The minimum Gasteiger partial charge on any atom is -0.491 e. The molecule has 0 aliphatic heterocycles. The van der Waals surface area contributed by atoms with E-state index in [0.717, 1.165) is 0 Å². The third-order valence-corrected chi connectivity index (χ3v) is 2.41. The lowest BCUT2D eigenvalue weighted by Gasteiger charge is -2.12. The van der Waals surface area contributed by atoms with Crippen molar-refractivity contribution in [2.75, 3.05) is 19.5 Å². The maximum atomic E-state index is 11.3. The molecule has 0 aliphatic rings. The number of carbonyl (C=O) groups is 2. The highest BCUT2D eigenvalue weighted by Crippen LogP contribution is 2.23. The molecule has 1 aromatic carbocycles. The number of methoxy groups -OCH3 is 1. The van der Waals surface area contributed by atoms with Crippen molar-refractivity contribution >= 4 is 17.6 Å². The van der Waals surface area contributed by atoms with Crippen LogP contribution in [0.25, 0.3) is 0 Å². The molecule has 1 amide bonds. The van der Waals surface area contributed by atoms with Gasteiger partial charge in [0.1, 0.15) is 5.75 Å². The smallest absolute Gasteiger partial charge is 0.337 e. The van der Waals surface area contributed by atoms with Crippen molar-refractivity contribution in [3.63, 3.8) is 0 Å². The SMILES string of the molecule is COC(=O)c1ccc(N)c(OCC(C)C(N)=O)c1. The van der Waals surface area contributed by atoms with Crippen LogP contribution in [0.15, 0.2) is 18.2 Å². The summed E-state index contributed by atoms with van der Waals surface area (Å²) in [5.41, 5.74) is 11.5. The fraction of sp³-hybridized carbons (Fsp3) is 0.333. The third-order valence-electron chi connectivity index (χ3n) is 2.41. The van der Waals surface area contributed by atoms with Gasteiger partial charge in [-0.25, -0.2) is 4.79 Å². The quantitative estimate of drug-likeness (QED) is 0.588. The summed E-state index contributed by atoms with van der Waals surface area (Å²) < 4.78 is 9.95. The van der Waals surface area contributed by atoms with Gasteiger partial charge in [-0.05, 0) is 18.2 Å². The summed E-state index contributed by atoms with van der Waals surface area (Å²) >= 11 is 0. The van der Waals surface area contributed by atoms with Crippen molar-refractivity contribution < 1.29 is 19.1 Å². The molecule has 1 aromatic rings. The highest BCUT2D eigenvalue weighted by molar-refractivity contribution is 5.90. The monoisotopic (exact) mass is 252 g/mol. The molecule has 0 fully saturated rings. The van der Waals surface area contributed by atoms with E-state index in [1.54, 1.807) is 6.92 Å². The summed E-state index contributed by atoms with van der Waals surface area (Å²) in [5, 5.41) is 0. The largest absolute Gasteiger partial charge is 0.491 e. The number of primary amides is 1. The summed E-state index contributed by atoms with van der Waals surface area (Å²) in [6.45, 7) is 1.74. The van der Waals surface area contributed by atoms with E-state index in [9.17, 15) is 9.59 Å². The molecule has 1 atom stereocenters. The molecule has 1 unspecified atom stereocenters. The van der Waals surface area contributed by atoms with Crippen LogP contribution in [0, 0.1) is 5.92 Å². The minimum atomic E-state index is -0.484. The number of esters is 1. The highest BCUT2D eigenvalue weighted by Gasteiger charge is 2.13. The molecule has 18 heavy (non-hydrogen) atoms. The number of benzene rings is 1. The molecule has 98 valence electrons. The maximum Gasteiger partial charge on any atom is 0.337 e. The Labute approximate surface area is 105 Å². The average molecular weight is 252 g/mol. The lowest BCUT2D eigenvalue weighted by atomic mass is 10.1. The number of nitrogen functional groups attached to an aromatic ring is 1. The first kappa shape index (κ1) is 13.8. The summed E-state index contributed by atoms with van der Waals surface area (Å²) in [5.74, 6) is -1.06. The van der Waals surface area contributed by atoms with Crippen molar-refractivity contribution in [3.05, 3.63) is 23.8 Å². The zero-order valence-electron chi connectivity index (χ0n) is 10.3. The highest BCUT2D eigenvalue weighted by atomic mass is 16.5. The standard InChI is InChI=1S/C12H16N2O4/c1-7(11(14)15)6-18-10-5-8(12(16)17-2)3-4-9(10)13/h3-5,7H,6,13H2,1-2H3,(H2,14,15). The number of rotatable bonds is 5. The molecular formula is C12H16N2O4. The van der Waals surface area contributed by atoms with Crippen LogP contribution in [-0.2, 0) is 9.53 Å². The first-order valence-electron chi connectivity index (χ1n) is 5.35. The van der Waals surface area contributed by atoms with Crippen molar-refractivity contribution in [3.8, 4) is 5.75 Å². The fourth-order valence-corrected chi connectivity index (χ4v) is 1.20. The molecule has 0 aliphatic carbocycles. The first-order chi connectivity index (χ1) is 8.45. The first-order valence-corrected chi connectivity index (χ1v) is 5.35. The number of hydrogen-bond acceptors (Lipinski definition) is 5. The van der Waals surface area contributed by atoms with Gasteiger partial charge in [-0.2, -0.15) is 0 Å². The second kappa shape index (κ2) is 5.90. The Morgan fingerprint density at radius 1 is 1.39 bits per heavy atom. The van der Waals surface area contributed by atoms with E-state index in [4.69, 9.17) is 16.2 Å². The molecule has 0 radical (unpaired) electrons. The predicted molar refractivity (Wildman–Crippen MR) is 66.0 cm³/mol. The molecule has 0 saturated heterocycles. The van der Waals surface area contributed by atoms with Crippen molar-refractivity contribution in [2.24, 2.45) is 11.7 Å². The van der Waals surface area contributed by atoms with Crippen LogP contribution in [0.2, 0.25) is 0 Å². The van der Waals surface area contributed by atoms with Crippen LogP contribution in [0.3, 0.4) is 0 Å². The zero-order valence-corrected chi connectivity index (χ0v) is 10.3. The summed E-state index contributed by atoms with van der Waals surface area (Å²) in [7, 11) is 1.29. The van der Waals surface area contributed by atoms with Crippen molar-refractivity contribution in [1.82, 2.24) is 0 Å². The van der Waals surface area contributed by atoms with E-state index in [0.29, 0.717) is 17.0 Å². The Morgan fingerprint density at radius 3 is 2.61 bits per heavy atom. The fourth-order valence-electron chi connectivity index (χ4n) is 1.20. The second-order valence-corrected chi connectivity index (χ2v) is 3.86. The number of amides is 1. The van der Waals surface area contributed by atoms with Gasteiger partial charge in [-0.1, -0.05) is 6.92 Å². The lowest BCUT2D eigenvalue weighted by molar-refractivity contribution is -0.122. The Morgan fingerprint density at radius 2 is 2.06 bits per heavy atom. The molecule has 0 bridgehead atoms. The number of anilines is 1. The van der Waals surface area contributed by atoms with E-state index >= 15 is 0 Å². The molecule has 0 saturated carbocycles. The van der Waals surface area contributed by atoms with Gasteiger partial charge in [-0.3, -0.25) is 4.79 Å². The van der Waals surface area contributed by atoms with Crippen LogP contribution < -0.4 is 16.2 Å². The average Bonchev–Trinajstić information content (AvgIpc) is 2.36. The Kier molecular flexibility index (Phi) is 4.53.